The normalized spacial score (nSPS) is 12.0. The maximum absolute atomic E-state index is 11.8. The van der Waals surface area contributed by atoms with E-state index in [1.54, 1.807) is 0 Å². The molecular formula is C26H50O4. The van der Waals surface area contributed by atoms with Gasteiger partial charge in [-0.15, -0.1) is 0 Å². The highest BCUT2D eigenvalue weighted by Gasteiger charge is 2.13. The van der Waals surface area contributed by atoms with E-state index < -0.39 is 0 Å². The Hall–Kier alpha value is -1.06. The van der Waals surface area contributed by atoms with E-state index in [0.717, 1.165) is 32.1 Å². The van der Waals surface area contributed by atoms with Gasteiger partial charge < -0.3 is 9.47 Å². The number of ether oxygens (including phenoxy) is 2. The third-order valence-electron chi connectivity index (χ3n) is 5.66. The lowest BCUT2D eigenvalue weighted by atomic mass is 10.0. The quantitative estimate of drug-likeness (QED) is 0.130. The maximum Gasteiger partial charge on any atom is 0.306 e. The molecule has 0 aliphatic carbocycles. The zero-order chi connectivity index (χ0) is 22.3. The molecule has 0 heterocycles. The molecule has 1 unspecified atom stereocenters. The first-order valence-electron chi connectivity index (χ1n) is 13.0. The lowest BCUT2D eigenvalue weighted by Crippen LogP contribution is -2.18. The van der Waals surface area contributed by atoms with E-state index >= 15 is 0 Å². The maximum atomic E-state index is 11.8. The minimum atomic E-state index is -0.288. The minimum Gasteiger partial charge on any atom is -0.466 e. The van der Waals surface area contributed by atoms with Crippen LogP contribution in [-0.4, -0.2) is 24.6 Å². The van der Waals surface area contributed by atoms with Crippen LogP contribution in [-0.2, 0) is 19.1 Å². The highest BCUT2D eigenvalue weighted by atomic mass is 16.5. The molecule has 0 saturated heterocycles. The molecule has 0 amide bonds. The number of hydrogen-bond donors (Lipinski definition) is 0. The molecular weight excluding hydrogens is 376 g/mol. The molecule has 30 heavy (non-hydrogen) atoms. The van der Waals surface area contributed by atoms with Crippen molar-refractivity contribution >= 4 is 11.9 Å². The van der Waals surface area contributed by atoms with E-state index in [1.807, 2.05) is 6.92 Å². The van der Waals surface area contributed by atoms with Gasteiger partial charge >= 0.3 is 11.9 Å². The average molecular weight is 427 g/mol. The molecule has 0 aromatic heterocycles. The van der Waals surface area contributed by atoms with Crippen LogP contribution >= 0.6 is 0 Å². The summed E-state index contributed by atoms with van der Waals surface area (Å²) in [6, 6.07) is 0. The van der Waals surface area contributed by atoms with E-state index in [4.69, 9.17) is 9.47 Å². The first-order valence-corrected chi connectivity index (χ1v) is 13.0. The van der Waals surface area contributed by atoms with Gasteiger partial charge in [0, 0.05) is 0 Å². The Morgan fingerprint density at radius 1 is 0.600 bits per heavy atom. The average Bonchev–Trinajstić information content (AvgIpc) is 2.74. The SMILES string of the molecule is CCCCCCCCCCCCCCCCOC(=O)CCC(=O)OC(CC)CCC. The van der Waals surface area contributed by atoms with Crippen molar-refractivity contribution in [3.05, 3.63) is 0 Å². The highest BCUT2D eigenvalue weighted by molar-refractivity contribution is 5.77. The predicted molar refractivity (Wildman–Crippen MR) is 126 cm³/mol. The van der Waals surface area contributed by atoms with Crippen LogP contribution in [0.4, 0.5) is 0 Å². The molecule has 178 valence electrons. The summed E-state index contributed by atoms with van der Waals surface area (Å²) in [5.41, 5.74) is 0. The number of unbranched alkanes of at least 4 members (excludes halogenated alkanes) is 13. The van der Waals surface area contributed by atoms with E-state index in [0.29, 0.717) is 6.61 Å². The summed E-state index contributed by atoms with van der Waals surface area (Å²) in [6.45, 7) is 6.83. The third-order valence-corrected chi connectivity index (χ3v) is 5.66. The summed E-state index contributed by atoms with van der Waals surface area (Å²) in [5, 5.41) is 0. The molecule has 0 saturated carbocycles. The summed E-state index contributed by atoms with van der Waals surface area (Å²) in [5.74, 6) is -0.575. The lowest BCUT2D eigenvalue weighted by molar-refractivity contribution is -0.154. The van der Waals surface area contributed by atoms with E-state index in [2.05, 4.69) is 13.8 Å². The van der Waals surface area contributed by atoms with Gasteiger partial charge in [0.15, 0.2) is 0 Å². The largest absolute Gasteiger partial charge is 0.466 e. The molecule has 0 bridgehead atoms. The molecule has 0 aromatic rings. The summed E-state index contributed by atoms with van der Waals surface area (Å²) in [4.78, 5) is 23.5. The standard InChI is InChI=1S/C26H50O4/c1-4-7-8-9-10-11-12-13-14-15-16-17-18-19-23-29-25(27)21-22-26(28)30-24(6-3)20-5-2/h24H,4-23H2,1-3H3. The van der Waals surface area contributed by atoms with Crippen molar-refractivity contribution < 1.29 is 19.1 Å². The Bertz CT molecular complexity index is 394. The Morgan fingerprint density at radius 2 is 1.07 bits per heavy atom. The Labute approximate surface area is 186 Å². The van der Waals surface area contributed by atoms with Gasteiger partial charge in [0.1, 0.15) is 6.10 Å². The van der Waals surface area contributed by atoms with Crippen LogP contribution in [0.2, 0.25) is 0 Å². The second-order valence-corrected chi connectivity index (χ2v) is 8.63. The van der Waals surface area contributed by atoms with Crippen LogP contribution in [0.1, 0.15) is 143 Å². The second-order valence-electron chi connectivity index (χ2n) is 8.63. The molecule has 4 heteroatoms. The van der Waals surface area contributed by atoms with Crippen molar-refractivity contribution in [2.75, 3.05) is 6.61 Å². The van der Waals surface area contributed by atoms with Crippen molar-refractivity contribution in [3.63, 3.8) is 0 Å². The van der Waals surface area contributed by atoms with Crippen molar-refractivity contribution in [2.45, 2.75) is 149 Å². The fourth-order valence-corrected chi connectivity index (χ4v) is 3.67. The minimum absolute atomic E-state index is 0.0194. The van der Waals surface area contributed by atoms with Gasteiger partial charge in [0.2, 0.25) is 0 Å². The smallest absolute Gasteiger partial charge is 0.306 e. The second kappa shape index (κ2) is 22.6. The number of rotatable bonds is 22. The fraction of sp³-hybridized carbons (Fsp3) is 0.923. The predicted octanol–water partition coefficient (Wildman–Crippen LogP) is 7.91. The van der Waals surface area contributed by atoms with Gasteiger partial charge in [-0.2, -0.15) is 0 Å². The zero-order valence-corrected chi connectivity index (χ0v) is 20.4. The van der Waals surface area contributed by atoms with Crippen molar-refractivity contribution in [1.82, 2.24) is 0 Å². The molecule has 0 fully saturated rings. The molecule has 0 spiro atoms. The van der Waals surface area contributed by atoms with Crippen LogP contribution in [0.5, 0.6) is 0 Å². The van der Waals surface area contributed by atoms with Gasteiger partial charge in [0.25, 0.3) is 0 Å². The number of esters is 2. The van der Waals surface area contributed by atoms with E-state index in [9.17, 15) is 9.59 Å². The molecule has 0 aromatic carbocycles. The third kappa shape index (κ3) is 20.2. The molecule has 0 aliphatic heterocycles. The summed E-state index contributed by atoms with van der Waals surface area (Å²) < 4.78 is 10.6. The van der Waals surface area contributed by atoms with Gasteiger partial charge in [-0.3, -0.25) is 9.59 Å². The lowest BCUT2D eigenvalue weighted by Gasteiger charge is -2.15. The zero-order valence-electron chi connectivity index (χ0n) is 20.4. The van der Waals surface area contributed by atoms with Crippen molar-refractivity contribution in [1.29, 1.82) is 0 Å². The first-order chi connectivity index (χ1) is 14.6. The molecule has 1 atom stereocenters. The molecule has 0 rings (SSSR count). The Kier molecular flexibility index (Phi) is 21.8. The van der Waals surface area contributed by atoms with Crippen LogP contribution in [0.25, 0.3) is 0 Å². The topological polar surface area (TPSA) is 52.6 Å². The monoisotopic (exact) mass is 426 g/mol. The molecule has 0 N–H and O–H groups in total. The van der Waals surface area contributed by atoms with Crippen LogP contribution in [0, 0.1) is 0 Å². The number of hydrogen-bond acceptors (Lipinski definition) is 4. The van der Waals surface area contributed by atoms with Crippen LogP contribution in [0.15, 0.2) is 0 Å². The Morgan fingerprint density at radius 3 is 1.53 bits per heavy atom. The fourth-order valence-electron chi connectivity index (χ4n) is 3.67. The van der Waals surface area contributed by atoms with Gasteiger partial charge in [-0.1, -0.05) is 111 Å². The summed E-state index contributed by atoms with van der Waals surface area (Å²) in [7, 11) is 0. The summed E-state index contributed by atoms with van der Waals surface area (Å²) >= 11 is 0. The number of carbonyl (C=O) groups excluding carboxylic acids is 2. The molecule has 0 aliphatic rings. The molecule has 0 radical (unpaired) electrons. The highest BCUT2D eigenvalue weighted by Crippen LogP contribution is 2.13. The van der Waals surface area contributed by atoms with Gasteiger partial charge in [0.05, 0.1) is 19.4 Å². The van der Waals surface area contributed by atoms with Crippen molar-refractivity contribution in [3.8, 4) is 0 Å². The van der Waals surface area contributed by atoms with Crippen LogP contribution < -0.4 is 0 Å². The first kappa shape index (κ1) is 28.9. The summed E-state index contributed by atoms with van der Waals surface area (Å²) in [6.07, 6.45) is 21.3. The van der Waals surface area contributed by atoms with Crippen molar-refractivity contribution in [2.24, 2.45) is 0 Å². The van der Waals surface area contributed by atoms with E-state index in [1.165, 1.54) is 77.0 Å². The van der Waals surface area contributed by atoms with E-state index in [-0.39, 0.29) is 30.9 Å². The molecule has 4 nitrogen and oxygen atoms in total. The van der Waals surface area contributed by atoms with Gasteiger partial charge in [-0.25, -0.2) is 0 Å². The number of carbonyl (C=O) groups is 2. The van der Waals surface area contributed by atoms with Crippen LogP contribution in [0.3, 0.4) is 0 Å². The Balaban J connectivity index is 3.36. The van der Waals surface area contributed by atoms with Gasteiger partial charge in [-0.05, 0) is 19.3 Å².